The van der Waals surface area contributed by atoms with Crippen molar-refractivity contribution in [3.8, 4) is 16.9 Å². The molecule has 0 spiro atoms. The number of nitrogens with zero attached hydrogens (tertiary/aromatic N) is 4. The zero-order valence-corrected chi connectivity index (χ0v) is 19.4. The van der Waals surface area contributed by atoms with Gasteiger partial charge < -0.3 is 19.3 Å². The third kappa shape index (κ3) is 4.42. The van der Waals surface area contributed by atoms with Crippen LogP contribution >= 0.6 is 0 Å². The summed E-state index contributed by atoms with van der Waals surface area (Å²) < 4.78 is 11.3. The Morgan fingerprint density at radius 2 is 1.44 bits per heavy atom. The molecule has 1 aliphatic rings. The van der Waals surface area contributed by atoms with Crippen LogP contribution in [0.3, 0.4) is 0 Å². The highest BCUT2D eigenvalue weighted by molar-refractivity contribution is 6.07. The van der Waals surface area contributed by atoms with Gasteiger partial charge in [0.05, 0.1) is 19.9 Å². The number of aromatic nitrogens is 2. The zero-order chi connectivity index (χ0) is 24.2. The molecule has 1 saturated heterocycles. The number of carbonyl (C=O) groups is 3. The summed E-state index contributed by atoms with van der Waals surface area (Å²) in [6.07, 6.45) is 0. The molecule has 1 aromatic heterocycles. The first-order chi connectivity index (χ1) is 16.4. The number of methoxy groups -OCH3 is 2. The van der Waals surface area contributed by atoms with Gasteiger partial charge in [-0.05, 0) is 31.3 Å². The van der Waals surface area contributed by atoms with Gasteiger partial charge in [0.15, 0.2) is 5.69 Å². The SMILES string of the molecule is COC(=O)c1c(-c2ccc(C(=O)N3CCN(C)CC3)cc2)nn(-c2ccccc2)c1C(=O)OC. The summed E-state index contributed by atoms with van der Waals surface area (Å²) in [5.74, 6) is -1.47. The quantitative estimate of drug-likeness (QED) is 0.538. The van der Waals surface area contributed by atoms with Crippen molar-refractivity contribution in [2.45, 2.75) is 0 Å². The molecular formula is C25H26N4O5. The summed E-state index contributed by atoms with van der Waals surface area (Å²) in [7, 11) is 4.52. The number of amides is 1. The highest BCUT2D eigenvalue weighted by Crippen LogP contribution is 2.29. The van der Waals surface area contributed by atoms with Crippen LogP contribution in [-0.4, -0.2) is 84.9 Å². The zero-order valence-electron chi connectivity index (χ0n) is 19.4. The number of hydrogen-bond donors (Lipinski definition) is 0. The van der Waals surface area contributed by atoms with Gasteiger partial charge in [-0.2, -0.15) is 5.10 Å². The van der Waals surface area contributed by atoms with E-state index in [9.17, 15) is 14.4 Å². The number of benzene rings is 2. The van der Waals surface area contributed by atoms with Crippen LogP contribution < -0.4 is 0 Å². The van der Waals surface area contributed by atoms with E-state index in [1.807, 2.05) is 18.0 Å². The van der Waals surface area contributed by atoms with Crippen molar-refractivity contribution in [3.63, 3.8) is 0 Å². The van der Waals surface area contributed by atoms with Gasteiger partial charge >= 0.3 is 11.9 Å². The summed E-state index contributed by atoms with van der Waals surface area (Å²) in [6.45, 7) is 3.01. The van der Waals surface area contributed by atoms with E-state index in [0.717, 1.165) is 13.1 Å². The van der Waals surface area contributed by atoms with Crippen molar-refractivity contribution in [1.82, 2.24) is 19.6 Å². The van der Waals surface area contributed by atoms with Crippen molar-refractivity contribution < 1.29 is 23.9 Å². The molecule has 0 bridgehead atoms. The summed E-state index contributed by atoms with van der Waals surface area (Å²) in [5, 5.41) is 4.58. The molecule has 9 heteroatoms. The van der Waals surface area contributed by atoms with Gasteiger partial charge in [0, 0.05) is 37.3 Å². The maximum Gasteiger partial charge on any atom is 0.357 e. The summed E-state index contributed by atoms with van der Waals surface area (Å²) in [6, 6.07) is 15.8. The maximum atomic E-state index is 12.9. The third-order valence-corrected chi connectivity index (χ3v) is 5.85. The normalized spacial score (nSPS) is 14.0. The highest BCUT2D eigenvalue weighted by Gasteiger charge is 2.31. The standard InChI is InChI=1S/C25H26N4O5/c1-27-13-15-28(16-14-27)23(30)18-11-9-17(10-12-18)21-20(24(31)33-2)22(25(32)34-3)29(26-21)19-7-5-4-6-8-19/h4-12H,13-16H2,1-3H3. The minimum Gasteiger partial charge on any atom is -0.465 e. The van der Waals surface area contributed by atoms with E-state index in [-0.39, 0.29) is 22.9 Å². The Balaban J connectivity index is 1.76. The second-order valence-electron chi connectivity index (χ2n) is 7.98. The lowest BCUT2D eigenvalue weighted by molar-refractivity contribution is 0.0549. The lowest BCUT2D eigenvalue weighted by atomic mass is 10.0. The van der Waals surface area contributed by atoms with Crippen LogP contribution in [0.5, 0.6) is 0 Å². The van der Waals surface area contributed by atoms with E-state index in [1.165, 1.54) is 18.9 Å². The lowest BCUT2D eigenvalue weighted by Crippen LogP contribution is -2.47. The van der Waals surface area contributed by atoms with Crippen LogP contribution in [0.2, 0.25) is 0 Å². The summed E-state index contributed by atoms with van der Waals surface area (Å²) in [5.41, 5.74) is 1.92. The van der Waals surface area contributed by atoms with Crippen molar-refractivity contribution in [2.24, 2.45) is 0 Å². The fraction of sp³-hybridized carbons (Fsp3) is 0.280. The van der Waals surface area contributed by atoms with Crippen LogP contribution in [0.4, 0.5) is 0 Å². The van der Waals surface area contributed by atoms with Crippen molar-refractivity contribution in [2.75, 3.05) is 47.4 Å². The van der Waals surface area contributed by atoms with E-state index >= 15 is 0 Å². The van der Waals surface area contributed by atoms with Crippen molar-refractivity contribution >= 4 is 17.8 Å². The molecule has 1 fully saturated rings. The molecule has 9 nitrogen and oxygen atoms in total. The Kier molecular flexibility index (Phi) is 6.74. The fourth-order valence-corrected chi connectivity index (χ4v) is 3.92. The molecule has 4 rings (SSSR count). The minimum absolute atomic E-state index is 0.00338. The molecule has 1 amide bonds. The number of carbonyl (C=O) groups excluding carboxylic acids is 3. The number of likely N-dealkylation sites (N-methyl/N-ethyl adjacent to an activating group) is 1. The van der Waals surface area contributed by atoms with Crippen LogP contribution in [0.15, 0.2) is 54.6 Å². The molecule has 0 aliphatic carbocycles. The van der Waals surface area contributed by atoms with E-state index in [0.29, 0.717) is 29.9 Å². The van der Waals surface area contributed by atoms with Crippen molar-refractivity contribution in [1.29, 1.82) is 0 Å². The third-order valence-electron chi connectivity index (χ3n) is 5.85. The van der Waals surface area contributed by atoms with Gasteiger partial charge in [0.2, 0.25) is 0 Å². The van der Waals surface area contributed by atoms with Gasteiger partial charge in [-0.25, -0.2) is 14.3 Å². The van der Waals surface area contributed by atoms with E-state index in [1.54, 1.807) is 48.5 Å². The van der Waals surface area contributed by atoms with Gasteiger partial charge in [-0.3, -0.25) is 4.79 Å². The molecule has 2 aromatic carbocycles. The Morgan fingerprint density at radius 1 is 0.824 bits per heavy atom. The Morgan fingerprint density at radius 3 is 2.03 bits per heavy atom. The molecule has 0 radical (unpaired) electrons. The Hall–Kier alpha value is -3.98. The average Bonchev–Trinajstić information content (AvgIpc) is 3.29. The van der Waals surface area contributed by atoms with Gasteiger partial charge in [-0.1, -0.05) is 30.3 Å². The predicted molar refractivity (Wildman–Crippen MR) is 125 cm³/mol. The van der Waals surface area contributed by atoms with Gasteiger partial charge in [0.1, 0.15) is 11.3 Å². The highest BCUT2D eigenvalue weighted by atomic mass is 16.5. The smallest absolute Gasteiger partial charge is 0.357 e. The maximum absolute atomic E-state index is 12.9. The van der Waals surface area contributed by atoms with Crippen LogP contribution in [0.1, 0.15) is 31.2 Å². The average molecular weight is 463 g/mol. The molecule has 176 valence electrons. The second-order valence-corrected chi connectivity index (χ2v) is 7.98. The number of rotatable bonds is 5. The number of hydrogen-bond acceptors (Lipinski definition) is 7. The molecule has 3 aromatic rings. The molecule has 0 atom stereocenters. The molecule has 1 aliphatic heterocycles. The van der Waals surface area contributed by atoms with Crippen molar-refractivity contribution in [3.05, 3.63) is 71.4 Å². The number of ether oxygens (including phenoxy) is 2. The Bertz CT molecular complexity index is 1200. The van der Waals surface area contributed by atoms with Gasteiger partial charge in [-0.15, -0.1) is 0 Å². The first-order valence-corrected chi connectivity index (χ1v) is 10.9. The molecule has 0 N–H and O–H groups in total. The molecule has 0 unspecified atom stereocenters. The van der Waals surface area contributed by atoms with Crippen LogP contribution in [0, 0.1) is 0 Å². The number of esters is 2. The first-order valence-electron chi connectivity index (χ1n) is 10.9. The van der Waals surface area contributed by atoms with E-state index in [2.05, 4.69) is 10.00 Å². The molecule has 34 heavy (non-hydrogen) atoms. The summed E-state index contributed by atoms with van der Waals surface area (Å²) in [4.78, 5) is 42.4. The molecular weight excluding hydrogens is 436 g/mol. The first kappa shape index (κ1) is 23.2. The largest absolute Gasteiger partial charge is 0.465 e. The lowest BCUT2D eigenvalue weighted by Gasteiger charge is -2.32. The minimum atomic E-state index is -0.718. The van der Waals surface area contributed by atoms with Crippen LogP contribution in [0.25, 0.3) is 16.9 Å². The monoisotopic (exact) mass is 462 g/mol. The number of piperazine rings is 1. The summed E-state index contributed by atoms with van der Waals surface area (Å²) >= 11 is 0. The number of para-hydroxylation sites is 1. The predicted octanol–water partition coefficient (Wildman–Crippen LogP) is 2.50. The molecule has 2 heterocycles. The second kappa shape index (κ2) is 9.88. The topological polar surface area (TPSA) is 94.0 Å². The van der Waals surface area contributed by atoms with E-state index in [4.69, 9.17) is 9.47 Å². The van der Waals surface area contributed by atoms with Crippen LogP contribution in [-0.2, 0) is 9.47 Å². The fourth-order valence-electron chi connectivity index (χ4n) is 3.92. The molecule has 0 saturated carbocycles. The van der Waals surface area contributed by atoms with Gasteiger partial charge in [0.25, 0.3) is 5.91 Å². The Labute approximate surface area is 197 Å². The van der Waals surface area contributed by atoms with E-state index < -0.39 is 11.9 Å².